The second-order valence-corrected chi connectivity index (χ2v) is 6.13. The van der Waals surface area contributed by atoms with Crippen LogP contribution in [-0.2, 0) is 20.7 Å². The van der Waals surface area contributed by atoms with Crippen molar-refractivity contribution in [1.82, 2.24) is 10.1 Å². The first-order chi connectivity index (χ1) is 13.9. The Balaban J connectivity index is 1.48. The Labute approximate surface area is 164 Å². The fraction of sp³-hybridized carbons (Fsp3) is 0.200. The molecule has 3 rings (SSSR count). The maximum atomic E-state index is 13.2. The van der Waals surface area contributed by atoms with Gasteiger partial charge in [-0.1, -0.05) is 35.5 Å². The van der Waals surface area contributed by atoms with Crippen molar-refractivity contribution in [1.29, 1.82) is 0 Å². The van der Waals surface area contributed by atoms with Crippen molar-refractivity contribution in [2.75, 3.05) is 5.32 Å². The van der Waals surface area contributed by atoms with Crippen LogP contribution in [0.1, 0.15) is 19.2 Å². The highest BCUT2D eigenvalue weighted by Gasteiger charge is 2.19. The SMILES string of the molecule is C[C@H](OC(=O)CCc1nc(-c2ccccc2)no1)C(=O)Nc1ccc(F)c(F)c1. The zero-order valence-electron chi connectivity index (χ0n) is 15.4. The van der Waals surface area contributed by atoms with Gasteiger partial charge in [0.1, 0.15) is 0 Å². The molecule has 0 saturated heterocycles. The molecule has 150 valence electrons. The highest BCUT2D eigenvalue weighted by Crippen LogP contribution is 2.16. The summed E-state index contributed by atoms with van der Waals surface area (Å²) in [6, 6.07) is 12.1. The maximum Gasteiger partial charge on any atom is 0.307 e. The molecule has 1 heterocycles. The zero-order chi connectivity index (χ0) is 20.8. The Morgan fingerprint density at radius 1 is 1.14 bits per heavy atom. The number of anilines is 1. The van der Waals surface area contributed by atoms with Gasteiger partial charge in [0.15, 0.2) is 17.7 Å². The lowest BCUT2D eigenvalue weighted by molar-refractivity contribution is -0.153. The van der Waals surface area contributed by atoms with Crippen molar-refractivity contribution < 1.29 is 27.6 Å². The van der Waals surface area contributed by atoms with Crippen LogP contribution in [-0.4, -0.2) is 28.1 Å². The van der Waals surface area contributed by atoms with E-state index in [4.69, 9.17) is 9.26 Å². The molecule has 1 N–H and O–H groups in total. The molecular formula is C20H17F2N3O4. The predicted octanol–water partition coefficient (Wildman–Crippen LogP) is 3.52. The van der Waals surface area contributed by atoms with Crippen LogP contribution in [0.15, 0.2) is 53.1 Å². The summed E-state index contributed by atoms with van der Waals surface area (Å²) in [4.78, 5) is 28.2. The van der Waals surface area contributed by atoms with E-state index in [1.807, 2.05) is 30.3 Å². The van der Waals surface area contributed by atoms with E-state index in [1.54, 1.807) is 0 Å². The number of amides is 1. The van der Waals surface area contributed by atoms with Gasteiger partial charge in [-0.15, -0.1) is 0 Å². The average molecular weight is 401 g/mol. The van der Waals surface area contributed by atoms with Crippen LogP contribution >= 0.6 is 0 Å². The number of carbonyl (C=O) groups is 2. The molecule has 1 aromatic heterocycles. The van der Waals surface area contributed by atoms with E-state index in [-0.39, 0.29) is 24.4 Å². The summed E-state index contributed by atoms with van der Waals surface area (Å²) in [5.41, 5.74) is 0.837. The van der Waals surface area contributed by atoms with Gasteiger partial charge in [0, 0.05) is 23.7 Å². The number of carbonyl (C=O) groups excluding carboxylic acids is 2. The molecule has 0 radical (unpaired) electrons. The third-order valence-electron chi connectivity index (χ3n) is 3.91. The molecule has 0 bridgehead atoms. The number of nitrogens with zero attached hydrogens (tertiary/aromatic N) is 2. The van der Waals surface area contributed by atoms with E-state index in [1.165, 1.54) is 13.0 Å². The Bertz CT molecular complexity index is 1010. The molecule has 0 fully saturated rings. The fourth-order valence-corrected chi connectivity index (χ4v) is 2.40. The molecule has 0 unspecified atom stereocenters. The summed E-state index contributed by atoms with van der Waals surface area (Å²) in [5.74, 6) is -2.76. The molecule has 0 saturated carbocycles. The van der Waals surface area contributed by atoms with Crippen molar-refractivity contribution in [2.24, 2.45) is 0 Å². The molecule has 2 aromatic carbocycles. The monoisotopic (exact) mass is 401 g/mol. The topological polar surface area (TPSA) is 94.3 Å². The molecule has 1 atom stereocenters. The average Bonchev–Trinajstić information content (AvgIpc) is 3.19. The van der Waals surface area contributed by atoms with Crippen LogP contribution in [0.2, 0.25) is 0 Å². The number of hydrogen-bond donors (Lipinski definition) is 1. The van der Waals surface area contributed by atoms with Gasteiger partial charge in [0.25, 0.3) is 5.91 Å². The van der Waals surface area contributed by atoms with Crippen LogP contribution < -0.4 is 5.32 Å². The Hall–Kier alpha value is -3.62. The van der Waals surface area contributed by atoms with Crippen LogP contribution in [0.4, 0.5) is 14.5 Å². The van der Waals surface area contributed by atoms with E-state index in [0.29, 0.717) is 5.82 Å². The number of halogens is 2. The van der Waals surface area contributed by atoms with Gasteiger partial charge in [-0.3, -0.25) is 9.59 Å². The van der Waals surface area contributed by atoms with Crippen molar-refractivity contribution in [2.45, 2.75) is 25.9 Å². The molecule has 0 aliphatic heterocycles. The maximum absolute atomic E-state index is 13.2. The largest absolute Gasteiger partial charge is 0.453 e. The van der Waals surface area contributed by atoms with Gasteiger partial charge in [-0.25, -0.2) is 8.78 Å². The van der Waals surface area contributed by atoms with E-state index in [0.717, 1.165) is 17.7 Å². The van der Waals surface area contributed by atoms with Crippen LogP contribution in [0.5, 0.6) is 0 Å². The highest BCUT2D eigenvalue weighted by atomic mass is 19.2. The second-order valence-electron chi connectivity index (χ2n) is 6.13. The van der Waals surface area contributed by atoms with E-state index >= 15 is 0 Å². The predicted molar refractivity (Wildman–Crippen MR) is 98.6 cm³/mol. The summed E-state index contributed by atoms with van der Waals surface area (Å²) in [6.07, 6.45) is -1.05. The molecule has 9 heteroatoms. The van der Waals surface area contributed by atoms with Crippen molar-refractivity contribution in [3.05, 3.63) is 66.1 Å². The van der Waals surface area contributed by atoms with E-state index < -0.39 is 29.6 Å². The van der Waals surface area contributed by atoms with E-state index in [9.17, 15) is 18.4 Å². The van der Waals surface area contributed by atoms with Crippen molar-refractivity contribution in [3.63, 3.8) is 0 Å². The molecule has 7 nitrogen and oxygen atoms in total. The van der Waals surface area contributed by atoms with Gasteiger partial charge in [-0.05, 0) is 19.1 Å². The number of esters is 1. The Kier molecular flexibility index (Phi) is 6.28. The Morgan fingerprint density at radius 2 is 1.90 bits per heavy atom. The third kappa shape index (κ3) is 5.44. The minimum absolute atomic E-state index is 0.0519. The van der Waals surface area contributed by atoms with Gasteiger partial charge in [-0.2, -0.15) is 4.98 Å². The Morgan fingerprint density at radius 3 is 2.62 bits per heavy atom. The molecule has 1 amide bonds. The number of aromatic nitrogens is 2. The normalized spacial score (nSPS) is 11.7. The van der Waals surface area contributed by atoms with Gasteiger partial charge in [0.2, 0.25) is 11.7 Å². The molecular weight excluding hydrogens is 384 g/mol. The standard InChI is InChI=1S/C20H17F2N3O4/c1-12(20(27)23-14-7-8-15(21)16(22)11-14)28-18(26)10-9-17-24-19(25-29-17)13-5-3-2-4-6-13/h2-8,11-12H,9-10H2,1H3,(H,23,27)/t12-/m0/s1. The molecule has 29 heavy (non-hydrogen) atoms. The molecule has 3 aromatic rings. The second kappa shape index (κ2) is 9.05. The number of ether oxygens (including phenoxy) is 1. The summed E-state index contributed by atoms with van der Waals surface area (Å²) in [7, 11) is 0. The first kappa shape index (κ1) is 20.1. The highest BCUT2D eigenvalue weighted by molar-refractivity contribution is 5.95. The van der Waals surface area contributed by atoms with Gasteiger partial charge < -0.3 is 14.6 Å². The van der Waals surface area contributed by atoms with Crippen molar-refractivity contribution in [3.8, 4) is 11.4 Å². The minimum Gasteiger partial charge on any atom is -0.453 e. The third-order valence-corrected chi connectivity index (χ3v) is 3.91. The summed E-state index contributed by atoms with van der Waals surface area (Å²) in [5, 5.41) is 6.20. The lowest BCUT2D eigenvalue weighted by Crippen LogP contribution is -2.30. The molecule has 0 aliphatic carbocycles. The number of benzene rings is 2. The molecule has 0 spiro atoms. The van der Waals surface area contributed by atoms with Gasteiger partial charge >= 0.3 is 5.97 Å². The van der Waals surface area contributed by atoms with E-state index in [2.05, 4.69) is 15.5 Å². The van der Waals surface area contributed by atoms with Crippen LogP contribution in [0.3, 0.4) is 0 Å². The summed E-state index contributed by atoms with van der Waals surface area (Å²) >= 11 is 0. The quantitative estimate of drug-likeness (QED) is 0.609. The van der Waals surface area contributed by atoms with Crippen LogP contribution in [0.25, 0.3) is 11.4 Å². The van der Waals surface area contributed by atoms with Crippen molar-refractivity contribution >= 4 is 17.6 Å². The van der Waals surface area contributed by atoms with Crippen LogP contribution in [0, 0.1) is 11.6 Å². The number of rotatable bonds is 7. The first-order valence-electron chi connectivity index (χ1n) is 8.76. The lowest BCUT2D eigenvalue weighted by atomic mass is 10.2. The zero-order valence-corrected chi connectivity index (χ0v) is 15.4. The number of aryl methyl sites for hydroxylation is 1. The summed E-state index contributed by atoms with van der Waals surface area (Å²) < 4.78 is 36.2. The number of nitrogens with one attached hydrogen (secondary N) is 1. The smallest absolute Gasteiger partial charge is 0.307 e. The number of hydrogen-bond acceptors (Lipinski definition) is 6. The van der Waals surface area contributed by atoms with Gasteiger partial charge in [0.05, 0.1) is 6.42 Å². The minimum atomic E-state index is -1.13. The molecule has 0 aliphatic rings. The summed E-state index contributed by atoms with van der Waals surface area (Å²) in [6.45, 7) is 1.37. The first-order valence-corrected chi connectivity index (χ1v) is 8.76. The lowest BCUT2D eigenvalue weighted by Gasteiger charge is -2.13. The fourth-order valence-electron chi connectivity index (χ4n) is 2.40.